The lowest BCUT2D eigenvalue weighted by atomic mass is 9.98. The molecule has 0 aliphatic carbocycles. The first-order chi connectivity index (χ1) is 12.3. The molecule has 25 heavy (non-hydrogen) atoms. The highest BCUT2D eigenvalue weighted by Crippen LogP contribution is 2.31. The molecule has 2 N–H and O–H groups in total. The Morgan fingerprint density at radius 3 is 2.44 bits per heavy atom. The highest BCUT2D eigenvalue weighted by molar-refractivity contribution is 5.82. The maximum Gasteiger partial charge on any atom is 0.110 e. The number of nitrogens with zero attached hydrogens (tertiary/aromatic N) is 2. The molecule has 3 rings (SSSR count). The van der Waals surface area contributed by atoms with E-state index in [1.54, 1.807) is 18.5 Å². The Hall–Kier alpha value is -2.46. The van der Waals surface area contributed by atoms with Crippen LogP contribution in [0.2, 0.25) is 0 Å². The van der Waals surface area contributed by atoms with E-state index in [2.05, 4.69) is 28.4 Å². The van der Waals surface area contributed by atoms with Crippen LogP contribution in [-0.2, 0) is 0 Å². The van der Waals surface area contributed by atoms with Gasteiger partial charge in [-0.2, -0.15) is 0 Å². The normalized spacial score (nSPS) is 15.2. The van der Waals surface area contributed by atoms with Crippen molar-refractivity contribution in [2.75, 3.05) is 13.1 Å². The molecule has 1 fully saturated rings. The van der Waals surface area contributed by atoms with Gasteiger partial charge in [-0.25, -0.2) is 4.98 Å². The fraction of sp³-hybridized carbons (Fsp3) is 0.333. The highest BCUT2D eigenvalue weighted by Gasteiger charge is 2.22. The zero-order valence-electron chi connectivity index (χ0n) is 15.3. The third-order valence-corrected chi connectivity index (χ3v) is 4.21. The van der Waals surface area contributed by atoms with Crippen molar-refractivity contribution < 1.29 is 0 Å². The van der Waals surface area contributed by atoms with E-state index in [1.807, 2.05) is 38.1 Å². The van der Waals surface area contributed by atoms with Crippen LogP contribution in [-0.4, -0.2) is 28.0 Å². The van der Waals surface area contributed by atoms with E-state index in [1.165, 1.54) is 0 Å². The quantitative estimate of drug-likeness (QED) is 0.777. The molecule has 4 nitrogen and oxygen atoms in total. The molecular weight excluding hydrogens is 308 g/mol. The minimum Gasteiger partial charge on any atom is -0.341 e. The van der Waals surface area contributed by atoms with E-state index < -0.39 is 0 Å². The Morgan fingerprint density at radius 2 is 1.84 bits per heavy atom. The third kappa shape index (κ3) is 4.54. The van der Waals surface area contributed by atoms with Crippen molar-refractivity contribution in [1.82, 2.24) is 20.3 Å². The summed E-state index contributed by atoms with van der Waals surface area (Å²) in [7, 11) is 0. The Kier molecular flexibility index (Phi) is 7.36. The number of pyridine rings is 1. The van der Waals surface area contributed by atoms with Crippen molar-refractivity contribution in [3.63, 3.8) is 0 Å². The van der Waals surface area contributed by atoms with Gasteiger partial charge in [0.25, 0.3) is 0 Å². The second kappa shape index (κ2) is 9.74. The van der Waals surface area contributed by atoms with Crippen molar-refractivity contribution in [1.29, 1.82) is 0 Å². The molecule has 2 aromatic rings. The molecule has 0 spiro atoms. The molecule has 2 aromatic heterocycles. The second-order valence-electron chi connectivity index (χ2n) is 5.67. The minimum atomic E-state index is 0.473. The maximum atomic E-state index is 4.92. The van der Waals surface area contributed by atoms with Gasteiger partial charge in [0, 0.05) is 23.9 Å². The Balaban J connectivity index is 0.00000109. The summed E-state index contributed by atoms with van der Waals surface area (Å²) in [5.74, 6) is 1.53. The molecule has 1 aliphatic rings. The van der Waals surface area contributed by atoms with E-state index in [0.717, 1.165) is 54.3 Å². The van der Waals surface area contributed by atoms with Gasteiger partial charge in [0.15, 0.2) is 0 Å². The molecule has 0 radical (unpaired) electrons. The zero-order chi connectivity index (χ0) is 18.1. The summed E-state index contributed by atoms with van der Waals surface area (Å²) in [4.78, 5) is 12.6. The Bertz CT molecular complexity index is 707. The van der Waals surface area contributed by atoms with Gasteiger partial charge in [-0.3, -0.25) is 4.98 Å². The number of rotatable bonds is 5. The molecule has 1 aliphatic heterocycles. The lowest BCUT2D eigenvalue weighted by Crippen LogP contribution is -2.27. The number of H-pyrrole nitrogens is 1. The molecule has 0 aromatic carbocycles. The average molecular weight is 336 g/mol. The lowest BCUT2D eigenvalue weighted by molar-refractivity contribution is 0.447. The van der Waals surface area contributed by atoms with Crippen LogP contribution in [0, 0.1) is 0 Å². The van der Waals surface area contributed by atoms with Gasteiger partial charge in [0.05, 0.1) is 11.4 Å². The van der Waals surface area contributed by atoms with Gasteiger partial charge >= 0.3 is 0 Å². The standard InChI is InChI=1S/C19H22N4.C2H6/c1-3-5-14(4-2)17-18(15-6-10-20-11-7-15)23-19(22-17)16-8-12-21-13-9-16;1-2/h3-7,10-11,16,21H,1-2,8-9,12-13H2,(H,22,23);1-2H3/b14-5+;. The first-order valence-corrected chi connectivity index (χ1v) is 9.00. The van der Waals surface area contributed by atoms with Crippen LogP contribution in [0.15, 0.2) is 55.9 Å². The van der Waals surface area contributed by atoms with Gasteiger partial charge in [-0.15, -0.1) is 0 Å². The van der Waals surface area contributed by atoms with Crippen LogP contribution in [0.1, 0.15) is 44.1 Å². The number of aromatic nitrogens is 3. The molecule has 0 amide bonds. The van der Waals surface area contributed by atoms with E-state index in [0.29, 0.717) is 5.92 Å². The van der Waals surface area contributed by atoms with E-state index >= 15 is 0 Å². The van der Waals surface area contributed by atoms with Crippen molar-refractivity contribution >= 4 is 5.57 Å². The molecule has 0 atom stereocenters. The smallest absolute Gasteiger partial charge is 0.110 e. The molecule has 132 valence electrons. The molecule has 3 heterocycles. The molecule has 4 heteroatoms. The van der Waals surface area contributed by atoms with Crippen LogP contribution in [0.25, 0.3) is 16.8 Å². The van der Waals surface area contributed by atoms with Crippen LogP contribution in [0.4, 0.5) is 0 Å². The predicted molar refractivity (Wildman–Crippen MR) is 106 cm³/mol. The first-order valence-electron chi connectivity index (χ1n) is 9.00. The van der Waals surface area contributed by atoms with Gasteiger partial charge in [-0.1, -0.05) is 45.2 Å². The largest absolute Gasteiger partial charge is 0.341 e. The summed E-state index contributed by atoms with van der Waals surface area (Å²) < 4.78 is 0. The summed E-state index contributed by atoms with van der Waals surface area (Å²) in [6, 6.07) is 3.97. The number of hydrogen-bond donors (Lipinski definition) is 2. The summed E-state index contributed by atoms with van der Waals surface area (Å²) in [5.41, 5.74) is 4.01. The SMILES string of the molecule is C=C/C=C(\C=C)c1[nH]c(C2CCNCC2)nc1-c1ccncc1.CC. The third-order valence-electron chi connectivity index (χ3n) is 4.21. The van der Waals surface area contributed by atoms with Crippen molar-refractivity contribution in [3.8, 4) is 11.3 Å². The topological polar surface area (TPSA) is 53.6 Å². The summed E-state index contributed by atoms with van der Waals surface area (Å²) in [6.45, 7) is 13.8. The Morgan fingerprint density at radius 1 is 1.16 bits per heavy atom. The molecule has 0 unspecified atom stereocenters. The number of piperidine rings is 1. The summed E-state index contributed by atoms with van der Waals surface area (Å²) in [6.07, 6.45) is 11.4. The van der Waals surface area contributed by atoms with Crippen LogP contribution >= 0.6 is 0 Å². The van der Waals surface area contributed by atoms with E-state index in [4.69, 9.17) is 4.98 Å². The van der Waals surface area contributed by atoms with Gasteiger partial charge < -0.3 is 10.3 Å². The van der Waals surface area contributed by atoms with Crippen LogP contribution in [0.5, 0.6) is 0 Å². The number of nitrogens with one attached hydrogen (secondary N) is 2. The van der Waals surface area contributed by atoms with Crippen molar-refractivity contribution in [2.24, 2.45) is 0 Å². The van der Waals surface area contributed by atoms with Gasteiger partial charge in [-0.05, 0) is 43.6 Å². The van der Waals surface area contributed by atoms with E-state index in [-0.39, 0.29) is 0 Å². The predicted octanol–water partition coefficient (Wildman–Crippen LogP) is 4.72. The molecule has 0 saturated carbocycles. The van der Waals surface area contributed by atoms with Crippen LogP contribution in [0.3, 0.4) is 0 Å². The van der Waals surface area contributed by atoms with Crippen molar-refractivity contribution in [2.45, 2.75) is 32.6 Å². The van der Waals surface area contributed by atoms with Gasteiger partial charge in [0.1, 0.15) is 5.82 Å². The first kappa shape index (κ1) is 18.9. The minimum absolute atomic E-state index is 0.473. The molecular formula is C21H28N4. The van der Waals surface area contributed by atoms with Gasteiger partial charge in [0.2, 0.25) is 0 Å². The summed E-state index contributed by atoms with van der Waals surface area (Å²) in [5, 5.41) is 3.40. The molecule has 1 saturated heterocycles. The highest BCUT2D eigenvalue weighted by atomic mass is 15.0. The van der Waals surface area contributed by atoms with E-state index in [9.17, 15) is 0 Å². The zero-order valence-corrected chi connectivity index (χ0v) is 15.3. The fourth-order valence-corrected chi connectivity index (χ4v) is 2.99. The second-order valence-corrected chi connectivity index (χ2v) is 5.67. The number of hydrogen-bond acceptors (Lipinski definition) is 3. The fourth-order valence-electron chi connectivity index (χ4n) is 2.99. The summed E-state index contributed by atoms with van der Waals surface area (Å²) >= 11 is 0. The average Bonchev–Trinajstić information content (AvgIpc) is 3.14. The maximum absolute atomic E-state index is 4.92. The number of allylic oxidation sites excluding steroid dienone is 4. The lowest BCUT2D eigenvalue weighted by Gasteiger charge is -2.20. The molecule has 0 bridgehead atoms. The monoisotopic (exact) mass is 336 g/mol. The number of aromatic amines is 1. The van der Waals surface area contributed by atoms with Crippen molar-refractivity contribution in [3.05, 3.63) is 67.4 Å². The number of imidazole rings is 1. The van der Waals surface area contributed by atoms with Crippen LogP contribution < -0.4 is 5.32 Å². The Labute approximate surface area is 150 Å².